The molecule has 1 rings (SSSR count). The molecule has 0 saturated heterocycles. The molecule has 0 heterocycles. The smallest absolute Gasteiger partial charge is 0.466 e. The molecule has 0 radical (unpaired) electrons. The maximum absolute atomic E-state index is 12.4. The molecular weight excluding hydrogens is 321 g/mol. The molecule has 0 aliphatic carbocycles. The maximum atomic E-state index is 12.4. The van der Waals surface area contributed by atoms with Crippen molar-refractivity contribution in [2.24, 2.45) is 0 Å². The minimum atomic E-state index is -5.42. The Labute approximate surface area is 118 Å². The second-order valence-electron chi connectivity index (χ2n) is 3.79. The van der Waals surface area contributed by atoms with Gasteiger partial charge in [-0.1, -0.05) is 17.7 Å². The van der Waals surface area contributed by atoms with Crippen LogP contribution in [-0.4, -0.2) is 26.5 Å². The Kier molecular flexibility index (Phi) is 5.04. The van der Waals surface area contributed by atoms with E-state index in [9.17, 15) is 26.4 Å². The average Bonchev–Trinajstić information content (AvgIpc) is 2.29. The second-order valence-corrected chi connectivity index (χ2v) is 6.14. The third-order valence-electron chi connectivity index (χ3n) is 2.32. The van der Waals surface area contributed by atoms with E-state index in [4.69, 9.17) is 11.6 Å². The molecule has 9 heteroatoms. The third kappa shape index (κ3) is 3.86. The number of rotatable bonds is 4. The zero-order valence-corrected chi connectivity index (χ0v) is 11.8. The molecule has 0 unspecified atom stereocenters. The molecule has 0 N–H and O–H groups in total. The van der Waals surface area contributed by atoms with Crippen molar-refractivity contribution in [1.29, 1.82) is 0 Å². The lowest BCUT2D eigenvalue weighted by Crippen LogP contribution is -2.23. The number of alkyl halides is 3. The monoisotopic (exact) mass is 330 g/mol. The van der Waals surface area contributed by atoms with Gasteiger partial charge in [-0.15, -0.1) is 0 Å². The van der Waals surface area contributed by atoms with E-state index in [1.165, 1.54) is 6.92 Å². The molecule has 0 atom stereocenters. The van der Waals surface area contributed by atoms with E-state index < -0.39 is 26.2 Å². The average molecular weight is 331 g/mol. The summed E-state index contributed by atoms with van der Waals surface area (Å²) in [6, 6.07) is 2.70. The molecule has 112 valence electrons. The summed E-state index contributed by atoms with van der Waals surface area (Å²) >= 11 is 5.73. The quantitative estimate of drug-likeness (QED) is 0.796. The van der Waals surface area contributed by atoms with Crippen LogP contribution in [0.5, 0.6) is 0 Å². The number of esters is 1. The predicted molar refractivity (Wildman–Crippen MR) is 65.0 cm³/mol. The van der Waals surface area contributed by atoms with Gasteiger partial charge in [0.2, 0.25) is 0 Å². The Morgan fingerprint density at radius 2 is 1.95 bits per heavy atom. The van der Waals surface area contributed by atoms with Gasteiger partial charge in [0, 0.05) is 18.4 Å². The van der Waals surface area contributed by atoms with Gasteiger partial charge in [-0.2, -0.15) is 13.2 Å². The summed E-state index contributed by atoms with van der Waals surface area (Å²) in [5.74, 6) is -0.502. The van der Waals surface area contributed by atoms with Crippen LogP contribution in [0.1, 0.15) is 12.5 Å². The highest BCUT2D eigenvalue weighted by Crippen LogP contribution is 2.32. The molecule has 0 fully saturated rings. The summed E-state index contributed by atoms with van der Waals surface area (Å²) in [5, 5.41) is -0.137. The van der Waals surface area contributed by atoms with Gasteiger partial charge in [0.1, 0.15) is 0 Å². The van der Waals surface area contributed by atoms with E-state index in [0.29, 0.717) is 5.56 Å². The first kappa shape index (κ1) is 16.8. The van der Waals surface area contributed by atoms with Gasteiger partial charge in [0.15, 0.2) is 0 Å². The fourth-order valence-electron chi connectivity index (χ4n) is 1.34. The number of hydrogen-bond acceptors (Lipinski definition) is 4. The number of carbonyl (C=O) groups excluding carboxylic acids is 1. The standard InChI is InChI=1S/C11H10ClF3O4S/c1-7(16)19-5-4-8-2-3-9(6-10(8)12)20(17,18)11(13,14)15/h2-3,6H,4-5H2,1H3. The first-order chi connectivity index (χ1) is 9.05. The molecule has 1 aromatic rings. The number of ether oxygens (including phenoxy) is 1. The summed E-state index contributed by atoms with van der Waals surface area (Å²) in [5.41, 5.74) is -5.00. The topological polar surface area (TPSA) is 60.4 Å². The molecule has 4 nitrogen and oxygen atoms in total. The van der Waals surface area contributed by atoms with E-state index in [1.807, 2.05) is 0 Å². The van der Waals surface area contributed by atoms with Crippen molar-refractivity contribution >= 4 is 27.4 Å². The number of hydrogen-bond donors (Lipinski definition) is 0. The molecular formula is C11H10ClF3O4S. The first-order valence-corrected chi connectivity index (χ1v) is 7.15. The first-order valence-electron chi connectivity index (χ1n) is 5.29. The lowest BCUT2D eigenvalue weighted by atomic mass is 10.2. The largest absolute Gasteiger partial charge is 0.501 e. The van der Waals surface area contributed by atoms with E-state index in [-0.39, 0.29) is 18.1 Å². The van der Waals surface area contributed by atoms with Crippen molar-refractivity contribution in [3.8, 4) is 0 Å². The lowest BCUT2D eigenvalue weighted by molar-refractivity contribution is -0.140. The van der Waals surface area contributed by atoms with Gasteiger partial charge in [-0.05, 0) is 17.7 Å². The van der Waals surface area contributed by atoms with Crippen LogP contribution >= 0.6 is 11.6 Å². The molecule has 0 amide bonds. The molecule has 0 bridgehead atoms. The van der Waals surface area contributed by atoms with E-state index >= 15 is 0 Å². The van der Waals surface area contributed by atoms with Gasteiger partial charge in [0.25, 0.3) is 9.84 Å². The highest BCUT2D eigenvalue weighted by molar-refractivity contribution is 7.92. The second kappa shape index (κ2) is 6.01. The van der Waals surface area contributed by atoms with Crippen LogP contribution in [0.2, 0.25) is 5.02 Å². The van der Waals surface area contributed by atoms with Crippen molar-refractivity contribution in [3.05, 3.63) is 28.8 Å². The molecule has 0 spiro atoms. The summed E-state index contributed by atoms with van der Waals surface area (Å²) in [4.78, 5) is 9.63. The van der Waals surface area contributed by atoms with Gasteiger partial charge < -0.3 is 4.74 Å². The normalized spacial score (nSPS) is 12.2. The zero-order valence-electron chi connectivity index (χ0n) is 10.2. The van der Waals surface area contributed by atoms with Crippen LogP contribution in [0.15, 0.2) is 23.1 Å². The van der Waals surface area contributed by atoms with Crippen LogP contribution < -0.4 is 0 Å². The molecule has 0 aromatic heterocycles. The fourth-order valence-corrected chi connectivity index (χ4v) is 2.46. The van der Waals surface area contributed by atoms with Crippen molar-refractivity contribution in [2.75, 3.05) is 6.61 Å². The summed E-state index contributed by atoms with van der Waals surface area (Å²) < 4.78 is 64.1. The third-order valence-corrected chi connectivity index (χ3v) is 4.15. The van der Waals surface area contributed by atoms with Gasteiger partial charge in [-0.25, -0.2) is 8.42 Å². The maximum Gasteiger partial charge on any atom is 0.501 e. The summed E-state index contributed by atoms with van der Waals surface area (Å²) in [6.07, 6.45) is 0.171. The predicted octanol–water partition coefficient (Wildman–Crippen LogP) is 2.74. The van der Waals surface area contributed by atoms with Gasteiger partial charge in [0.05, 0.1) is 11.5 Å². The summed E-state index contributed by atoms with van der Waals surface area (Å²) in [6.45, 7) is 1.21. The van der Waals surface area contributed by atoms with Crippen LogP contribution in [-0.2, 0) is 25.8 Å². The van der Waals surface area contributed by atoms with E-state index in [1.54, 1.807) is 0 Å². The summed E-state index contributed by atoms with van der Waals surface area (Å²) in [7, 11) is -5.42. The minimum absolute atomic E-state index is 0.000417. The molecule has 20 heavy (non-hydrogen) atoms. The van der Waals surface area contributed by atoms with Crippen molar-refractivity contribution in [1.82, 2.24) is 0 Å². The Hall–Kier alpha value is -1.28. The number of benzene rings is 1. The van der Waals surface area contributed by atoms with Gasteiger partial charge >= 0.3 is 11.5 Å². The Morgan fingerprint density at radius 1 is 1.35 bits per heavy atom. The van der Waals surface area contributed by atoms with Crippen LogP contribution in [0, 0.1) is 0 Å². The lowest BCUT2D eigenvalue weighted by Gasteiger charge is -2.10. The van der Waals surface area contributed by atoms with Crippen LogP contribution in [0.25, 0.3) is 0 Å². The van der Waals surface area contributed by atoms with Gasteiger partial charge in [-0.3, -0.25) is 4.79 Å². The number of halogens is 4. The molecule has 0 aliphatic rings. The van der Waals surface area contributed by atoms with E-state index in [0.717, 1.165) is 18.2 Å². The number of sulfone groups is 1. The van der Waals surface area contributed by atoms with E-state index in [2.05, 4.69) is 4.74 Å². The van der Waals surface area contributed by atoms with Crippen LogP contribution in [0.3, 0.4) is 0 Å². The molecule has 1 aromatic carbocycles. The highest BCUT2D eigenvalue weighted by atomic mass is 35.5. The van der Waals surface area contributed by atoms with Crippen molar-refractivity contribution in [2.45, 2.75) is 23.7 Å². The number of carbonyl (C=O) groups is 1. The van der Waals surface area contributed by atoms with Crippen molar-refractivity contribution in [3.63, 3.8) is 0 Å². The zero-order chi connectivity index (χ0) is 15.6. The highest BCUT2D eigenvalue weighted by Gasteiger charge is 2.46. The SMILES string of the molecule is CC(=O)OCCc1ccc(S(=O)(=O)C(F)(F)F)cc1Cl. The Balaban J connectivity index is 2.97. The molecule has 0 saturated carbocycles. The fraction of sp³-hybridized carbons (Fsp3) is 0.364. The van der Waals surface area contributed by atoms with Crippen LogP contribution in [0.4, 0.5) is 13.2 Å². The van der Waals surface area contributed by atoms with Crippen molar-refractivity contribution < 1.29 is 31.1 Å². The Morgan fingerprint density at radius 3 is 2.40 bits per heavy atom. The molecule has 0 aliphatic heterocycles. The Bertz CT molecular complexity index is 611. The minimum Gasteiger partial charge on any atom is -0.466 e.